The van der Waals surface area contributed by atoms with Crippen LogP contribution < -0.4 is 0 Å². The first kappa shape index (κ1) is 11.6. The molecule has 17 heavy (non-hydrogen) atoms. The van der Waals surface area contributed by atoms with Gasteiger partial charge in [0.1, 0.15) is 0 Å². The van der Waals surface area contributed by atoms with Crippen LogP contribution in [0, 0.1) is 23.0 Å². The molecule has 0 aromatic heterocycles. The second-order valence-electron chi connectivity index (χ2n) is 3.43. The van der Waals surface area contributed by atoms with E-state index < -0.39 is 11.6 Å². The summed E-state index contributed by atoms with van der Waals surface area (Å²) in [6, 6.07) is 10.3. The van der Waals surface area contributed by atoms with E-state index in [0.29, 0.717) is 16.1 Å². The third kappa shape index (κ3) is 2.27. The second-order valence-corrected chi connectivity index (χ2v) is 3.87. The maximum atomic E-state index is 13.2. The summed E-state index contributed by atoms with van der Waals surface area (Å²) in [6.45, 7) is 0. The molecule has 0 heterocycles. The molecule has 0 fully saturated rings. The molecule has 0 saturated heterocycles. The average molecular weight is 250 g/mol. The molecule has 0 amide bonds. The van der Waals surface area contributed by atoms with Crippen LogP contribution in [0.15, 0.2) is 36.4 Å². The minimum atomic E-state index is -1.03. The molecule has 0 aliphatic heterocycles. The molecule has 2 aromatic carbocycles. The van der Waals surface area contributed by atoms with Crippen LogP contribution in [0.3, 0.4) is 0 Å². The van der Waals surface area contributed by atoms with Crippen molar-refractivity contribution in [2.24, 2.45) is 0 Å². The van der Waals surface area contributed by atoms with Gasteiger partial charge in [-0.1, -0.05) is 23.7 Å². The topological polar surface area (TPSA) is 23.8 Å². The molecule has 0 radical (unpaired) electrons. The van der Waals surface area contributed by atoms with Crippen LogP contribution in [0.25, 0.3) is 11.1 Å². The molecule has 0 unspecified atom stereocenters. The first-order chi connectivity index (χ1) is 8.11. The number of rotatable bonds is 1. The van der Waals surface area contributed by atoms with E-state index in [4.69, 9.17) is 16.9 Å². The summed E-state index contributed by atoms with van der Waals surface area (Å²) >= 11 is 5.81. The molecule has 2 aromatic rings. The minimum Gasteiger partial charge on any atom is -0.204 e. The van der Waals surface area contributed by atoms with Gasteiger partial charge >= 0.3 is 0 Å². The number of hydrogen-bond donors (Lipinski definition) is 0. The van der Waals surface area contributed by atoms with Crippen molar-refractivity contribution >= 4 is 11.6 Å². The van der Waals surface area contributed by atoms with Gasteiger partial charge in [-0.15, -0.1) is 0 Å². The van der Waals surface area contributed by atoms with Gasteiger partial charge in [0, 0.05) is 10.6 Å². The molecule has 0 spiro atoms. The molecule has 0 saturated carbocycles. The molecule has 0 aliphatic carbocycles. The van der Waals surface area contributed by atoms with Crippen LogP contribution in [0.5, 0.6) is 0 Å². The predicted octanol–water partition coefficient (Wildman–Crippen LogP) is 4.16. The third-order valence-corrected chi connectivity index (χ3v) is 2.55. The smallest absolute Gasteiger partial charge is 0.160 e. The fraction of sp³-hybridized carbons (Fsp3) is 0. The lowest BCUT2D eigenvalue weighted by Crippen LogP contribution is -1.91. The Morgan fingerprint density at radius 2 is 1.76 bits per heavy atom. The highest BCUT2D eigenvalue weighted by Gasteiger charge is 2.11. The first-order valence-electron chi connectivity index (χ1n) is 4.77. The summed E-state index contributed by atoms with van der Waals surface area (Å²) in [4.78, 5) is 0. The van der Waals surface area contributed by atoms with Gasteiger partial charge in [-0.05, 0) is 29.8 Å². The molecule has 0 aliphatic rings. The zero-order valence-electron chi connectivity index (χ0n) is 8.55. The molecular weight excluding hydrogens is 244 g/mol. The van der Waals surface area contributed by atoms with Gasteiger partial charge in [-0.2, -0.15) is 5.26 Å². The first-order valence-corrected chi connectivity index (χ1v) is 5.14. The van der Waals surface area contributed by atoms with Crippen molar-refractivity contribution in [1.82, 2.24) is 0 Å². The monoisotopic (exact) mass is 249 g/mol. The van der Waals surface area contributed by atoms with Crippen LogP contribution in [-0.4, -0.2) is 0 Å². The fourth-order valence-corrected chi connectivity index (χ4v) is 1.72. The number of hydrogen-bond acceptors (Lipinski definition) is 1. The lowest BCUT2D eigenvalue weighted by atomic mass is 10.00. The van der Waals surface area contributed by atoms with Crippen molar-refractivity contribution in [1.29, 1.82) is 5.26 Å². The van der Waals surface area contributed by atoms with Gasteiger partial charge in [0.2, 0.25) is 0 Å². The number of halogens is 3. The van der Waals surface area contributed by atoms with E-state index in [1.165, 1.54) is 0 Å². The van der Waals surface area contributed by atoms with Crippen molar-refractivity contribution in [3.8, 4) is 17.2 Å². The van der Waals surface area contributed by atoms with Gasteiger partial charge in [0.05, 0.1) is 11.6 Å². The quantitative estimate of drug-likeness (QED) is 0.745. The Balaban J connectivity index is 2.67. The molecule has 2 rings (SSSR count). The van der Waals surface area contributed by atoms with E-state index in [1.54, 1.807) is 24.3 Å². The van der Waals surface area contributed by atoms with Gasteiger partial charge < -0.3 is 0 Å². The van der Waals surface area contributed by atoms with Crippen molar-refractivity contribution in [2.75, 3.05) is 0 Å². The number of nitriles is 1. The van der Waals surface area contributed by atoms with Crippen LogP contribution >= 0.6 is 11.6 Å². The standard InChI is InChI=1S/C13H6ClF2N/c14-10-3-1-2-8(4-10)11-6-13(16)12(15)5-9(11)7-17/h1-6H. The maximum absolute atomic E-state index is 13.2. The van der Waals surface area contributed by atoms with Crippen LogP contribution in [0.4, 0.5) is 8.78 Å². The second kappa shape index (κ2) is 4.52. The van der Waals surface area contributed by atoms with Crippen LogP contribution in [0.2, 0.25) is 5.02 Å². The van der Waals surface area contributed by atoms with Crippen molar-refractivity contribution in [3.05, 3.63) is 58.6 Å². The van der Waals surface area contributed by atoms with Gasteiger partial charge in [0.15, 0.2) is 11.6 Å². The third-order valence-electron chi connectivity index (χ3n) is 2.32. The number of benzene rings is 2. The van der Waals surface area contributed by atoms with Gasteiger partial charge in [-0.3, -0.25) is 0 Å². The summed E-state index contributed by atoms with van der Waals surface area (Å²) in [7, 11) is 0. The molecule has 1 nitrogen and oxygen atoms in total. The van der Waals surface area contributed by atoms with Gasteiger partial charge in [0.25, 0.3) is 0 Å². The zero-order chi connectivity index (χ0) is 12.4. The number of nitrogens with zero attached hydrogens (tertiary/aromatic N) is 1. The van der Waals surface area contributed by atoms with E-state index in [0.717, 1.165) is 12.1 Å². The lowest BCUT2D eigenvalue weighted by Gasteiger charge is -2.05. The SMILES string of the molecule is N#Cc1cc(F)c(F)cc1-c1cccc(Cl)c1. The Morgan fingerprint density at radius 3 is 2.41 bits per heavy atom. The van der Waals surface area contributed by atoms with Crippen LogP contribution in [-0.2, 0) is 0 Å². The summed E-state index contributed by atoms with van der Waals surface area (Å²) < 4.78 is 26.2. The van der Waals surface area contributed by atoms with E-state index >= 15 is 0 Å². The fourth-order valence-electron chi connectivity index (χ4n) is 1.53. The molecule has 0 bridgehead atoms. The highest BCUT2D eigenvalue weighted by Crippen LogP contribution is 2.27. The highest BCUT2D eigenvalue weighted by atomic mass is 35.5. The van der Waals surface area contributed by atoms with Crippen LogP contribution in [0.1, 0.15) is 5.56 Å². The summed E-state index contributed by atoms with van der Waals surface area (Å²) in [5.41, 5.74) is 0.980. The van der Waals surface area contributed by atoms with E-state index in [2.05, 4.69) is 0 Å². The Morgan fingerprint density at radius 1 is 1.06 bits per heavy atom. The van der Waals surface area contributed by atoms with E-state index in [-0.39, 0.29) is 5.56 Å². The molecule has 84 valence electrons. The van der Waals surface area contributed by atoms with E-state index in [9.17, 15) is 8.78 Å². The highest BCUT2D eigenvalue weighted by molar-refractivity contribution is 6.30. The normalized spacial score (nSPS) is 10.0. The summed E-state index contributed by atoms with van der Waals surface area (Å²) in [5, 5.41) is 9.36. The Kier molecular flexibility index (Phi) is 3.08. The molecule has 4 heteroatoms. The molecular formula is C13H6ClF2N. The van der Waals surface area contributed by atoms with Crippen molar-refractivity contribution in [2.45, 2.75) is 0 Å². The largest absolute Gasteiger partial charge is 0.204 e. The van der Waals surface area contributed by atoms with Gasteiger partial charge in [-0.25, -0.2) is 8.78 Å². The van der Waals surface area contributed by atoms with Crippen molar-refractivity contribution < 1.29 is 8.78 Å². The summed E-state index contributed by atoms with van der Waals surface area (Å²) in [5.74, 6) is -2.02. The average Bonchev–Trinajstić information content (AvgIpc) is 2.32. The maximum Gasteiger partial charge on any atom is 0.160 e. The van der Waals surface area contributed by atoms with Crippen molar-refractivity contribution in [3.63, 3.8) is 0 Å². The Labute approximate surface area is 102 Å². The Hall–Kier alpha value is -1.92. The summed E-state index contributed by atoms with van der Waals surface area (Å²) in [6.07, 6.45) is 0. The predicted molar refractivity (Wildman–Crippen MR) is 61.5 cm³/mol. The molecule has 0 atom stereocenters. The molecule has 0 N–H and O–H groups in total. The minimum absolute atomic E-state index is 0.0752. The Bertz CT molecular complexity index is 617. The lowest BCUT2D eigenvalue weighted by molar-refractivity contribution is 0.508. The van der Waals surface area contributed by atoms with E-state index in [1.807, 2.05) is 6.07 Å². The zero-order valence-corrected chi connectivity index (χ0v) is 9.30.